The molecule has 0 radical (unpaired) electrons. The molecular formula is C35H38N4O3S. The van der Waals surface area contributed by atoms with E-state index in [1.54, 1.807) is 28.6 Å². The Labute approximate surface area is 254 Å². The largest absolute Gasteiger partial charge is 0.348 e. The first kappa shape index (κ1) is 29.3. The minimum absolute atomic E-state index is 0.0932. The molecule has 8 heteroatoms. The number of sulfonamides is 1. The van der Waals surface area contributed by atoms with Crippen LogP contribution in [-0.4, -0.2) is 61.2 Å². The van der Waals surface area contributed by atoms with E-state index in [0.29, 0.717) is 43.2 Å². The van der Waals surface area contributed by atoms with E-state index < -0.39 is 10.0 Å². The van der Waals surface area contributed by atoms with Crippen LogP contribution in [0.2, 0.25) is 0 Å². The lowest BCUT2D eigenvalue weighted by molar-refractivity contribution is 0.0951. The van der Waals surface area contributed by atoms with Crippen LogP contribution < -0.4 is 5.32 Å². The smallest absolute Gasteiger partial charge is 0.251 e. The van der Waals surface area contributed by atoms with E-state index in [-0.39, 0.29) is 5.91 Å². The van der Waals surface area contributed by atoms with Gasteiger partial charge in [-0.15, -0.1) is 0 Å². The van der Waals surface area contributed by atoms with Gasteiger partial charge in [0.2, 0.25) is 10.0 Å². The van der Waals surface area contributed by atoms with Crippen molar-refractivity contribution in [2.75, 3.05) is 32.7 Å². The fraction of sp³-hybridized carbons (Fsp3) is 0.286. The highest BCUT2D eigenvalue weighted by molar-refractivity contribution is 7.89. The number of nitrogens with one attached hydrogen (secondary N) is 1. The molecule has 0 spiro atoms. The van der Waals surface area contributed by atoms with Crippen molar-refractivity contribution < 1.29 is 13.2 Å². The molecule has 2 aliphatic heterocycles. The lowest BCUT2D eigenvalue weighted by Crippen LogP contribution is -2.48. The molecule has 1 amide bonds. The molecular weight excluding hydrogens is 556 g/mol. The third kappa shape index (κ3) is 7.22. The maximum absolute atomic E-state index is 12.9. The molecule has 0 aliphatic carbocycles. The normalized spacial score (nSPS) is 16.5. The molecule has 6 rings (SSSR count). The maximum Gasteiger partial charge on any atom is 0.251 e. The van der Waals surface area contributed by atoms with Crippen LogP contribution in [-0.2, 0) is 42.6 Å². The summed E-state index contributed by atoms with van der Waals surface area (Å²) >= 11 is 0. The second-order valence-electron chi connectivity index (χ2n) is 11.4. The van der Waals surface area contributed by atoms with Crippen LogP contribution in [0.5, 0.6) is 0 Å². The van der Waals surface area contributed by atoms with Crippen molar-refractivity contribution >= 4 is 15.9 Å². The molecule has 0 unspecified atom stereocenters. The van der Waals surface area contributed by atoms with Gasteiger partial charge in [0.05, 0.1) is 4.90 Å². The summed E-state index contributed by atoms with van der Waals surface area (Å²) < 4.78 is 27.4. The van der Waals surface area contributed by atoms with Gasteiger partial charge in [0, 0.05) is 64.5 Å². The molecule has 0 saturated carbocycles. The number of fused-ring (bicyclic) bond motifs is 1. The minimum atomic E-state index is -3.46. The van der Waals surface area contributed by atoms with Crippen LogP contribution >= 0.6 is 0 Å². The molecule has 222 valence electrons. The van der Waals surface area contributed by atoms with Gasteiger partial charge in [-0.25, -0.2) is 8.42 Å². The number of carbonyl (C=O) groups is 1. The van der Waals surface area contributed by atoms with E-state index in [1.807, 2.05) is 30.3 Å². The van der Waals surface area contributed by atoms with Gasteiger partial charge < -0.3 is 5.32 Å². The molecule has 1 N–H and O–H groups in total. The molecule has 0 aromatic heterocycles. The van der Waals surface area contributed by atoms with E-state index in [4.69, 9.17) is 0 Å². The van der Waals surface area contributed by atoms with Crippen molar-refractivity contribution in [3.63, 3.8) is 0 Å². The number of nitrogens with zero attached hydrogens (tertiary/aromatic N) is 3. The number of rotatable bonds is 9. The molecule has 1 fully saturated rings. The third-order valence-corrected chi connectivity index (χ3v) is 10.3. The zero-order chi connectivity index (χ0) is 29.6. The van der Waals surface area contributed by atoms with E-state index in [2.05, 4.69) is 63.6 Å². The summed E-state index contributed by atoms with van der Waals surface area (Å²) in [5.74, 6) is -0.0932. The standard InChI is InChI=1S/C35H38N4O3S/c40-35(36-24-29-7-6-8-30(23-29)26-38-18-17-31-9-4-5-10-33(31)27-38)32-15-13-28(14-16-32)25-37-19-21-39(22-20-37)43(41,42)34-11-2-1-3-12-34/h1-16,23H,17-22,24-27H2,(H,36,40). The number of amides is 1. The van der Waals surface area contributed by atoms with Gasteiger partial charge in [0.1, 0.15) is 0 Å². The Morgan fingerprint density at radius 2 is 1.33 bits per heavy atom. The molecule has 2 aliphatic rings. The van der Waals surface area contributed by atoms with Crippen molar-refractivity contribution in [3.8, 4) is 0 Å². The van der Waals surface area contributed by atoms with Crippen LogP contribution in [0.4, 0.5) is 0 Å². The van der Waals surface area contributed by atoms with Crippen molar-refractivity contribution in [1.29, 1.82) is 0 Å². The molecule has 2 heterocycles. The highest BCUT2D eigenvalue weighted by Crippen LogP contribution is 2.21. The van der Waals surface area contributed by atoms with Crippen molar-refractivity contribution in [1.82, 2.24) is 19.4 Å². The first-order chi connectivity index (χ1) is 20.9. The number of piperazine rings is 1. The van der Waals surface area contributed by atoms with Crippen LogP contribution in [0.1, 0.15) is 38.2 Å². The van der Waals surface area contributed by atoms with Gasteiger partial charge in [-0.3, -0.25) is 14.6 Å². The minimum Gasteiger partial charge on any atom is -0.348 e. The molecule has 4 aromatic rings. The summed E-state index contributed by atoms with van der Waals surface area (Å²) in [6.45, 7) is 6.38. The lowest BCUT2D eigenvalue weighted by atomic mass is 9.99. The van der Waals surface area contributed by atoms with Gasteiger partial charge in [-0.05, 0) is 58.5 Å². The summed E-state index contributed by atoms with van der Waals surface area (Å²) in [6.07, 6.45) is 1.08. The molecule has 7 nitrogen and oxygen atoms in total. The Morgan fingerprint density at radius 1 is 0.651 bits per heavy atom. The summed E-state index contributed by atoms with van der Waals surface area (Å²) in [6, 6.07) is 33.5. The summed E-state index contributed by atoms with van der Waals surface area (Å²) in [5, 5.41) is 3.07. The number of carbonyl (C=O) groups excluding carboxylic acids is 1. The van der Waals surface area contributed by atoms with Crippen LogP contribution in [0.15, 0.2) is 108 Å². The highest BCUT2D eigenvalue weighted by Gasteiger charge is 2.28. The predicted octanol–water partition coefficient (Wildman–Crippen LogP) is 4.68. The first-order valence-corrected chi connectivity index (χ1v) is 16.4. The fourth-order valence-electron chi connectivity index (χ4n) is 5.96. The third-order valence-electron chi connectivity index (χ3n) is 8.39. The van der Waals surface area contributed by atoms with E-state index >= 15 is 0 Å². The predicted molar refractivity (Wildman–Crippen MR) is 169 cm³/mol. The van der Waals surface area contributed by atoms with Gasteiger partial charge in [0.25, 0.3) is 5.91 Å². The Morgan fingerprint density at radius 3 is 2.09 bits per heavy atom. The van der Waals surface area contributed by atoms with Crippen LogP contribution in [0.3, 0.4) is 0 Å². The average molecular weight is 595 g/mol. The fourth-order valence-corrected chi connectivity index (χ4v) is 7.40. The van der Waals surface area contributed by atoms with Gasteiger partial charge in [0.15, 0.2) is 0 Å². The number of hydrogen-bond acceptors (Lipinski definition) is 5. The lowest BCUT2D eigenvalue weighted by Gasteiger charge is -2.34. The monoisotopic (exact) mass is 594 g/mol. The second kappa shape index (κ2) is 13.2. The Kier molecular flexibility index (Phi) is 9.00. The van der Waals surface area contributed by atoms with E-state index in [9.17, 15) is 13.2 Å². The quantitative estimate of drug-likeness (QED) is 0.305. The summed E-state index contributed by atoms with van der Waals surface area (Å²) in [4.78, 5) is 18.0. The van der Waals surface area contributed by atoms with Crippen LogP contribution in [0, 0.1) is 0 Å². The molecule has 1 saturated heterocycles. The van der Waals surface area contributed by atoms with E-state index in [1.165, 1.54) is 16.7 Å². The summed E-state index contributed by atoms with van der Waals surface area (Å²) in [5.41, 5.74) is 6.95. The zero-order valence-corrected chi connectivity index (χ0v) is 25.2. The number of benzene rings is 4. The van der Waals surface area contributed by atoms with Crippen molar-refractivity contribution in [2.24, 2.45) is 0 Å². The second-order valence-corrected chi connectivity index (χ2v) is 13.4. The molecule has 4 aromatic carbocycles. The van der Waals surface area contributed by atoms with E-state index in [0.717, 1.165) is 43.7 Å². The van der Waals surface area contributed by atoms with Crippen molar-refractivity contribution in [2.45, 2.75) is 37.5 Å². The van der Waals surface area contributed by atoms with Gasteiger partial charge in [-0.2, -0.15) is 4.31 Å². The first-order valence-electron chi connectivity index (χ1n) is 15.0. The summed E-state index contributed by atoms with van der Waals surface area (Å²) in [7, 11) is -3.46. The Bertz CT molecular complexity index is 1650. The van der Waals surface area contributed by atoms with Gasteiger partial charge in [-0.1, -0.05) is 78.9 Å². The Balaban J connectivity index is 0.967. The van der Waals surface area contributed by atoms with Gasteiger partial charge >= 0.3 is 0 Å². The Hall–Kier alpha value is -3.82. The number of hydrogen-bond donors (Lipinski definition) is 1. The zero-order valence-electron chi connectivity index (χ0n) is 24.4. The topological polar surface area (TPSA) is 73.0 Å². The maximum atomic E-state index is 12.9. The van der Waals surface area contributed by atoms with Crippen LogP contribution in [0.25, 0.3) is 0 Å². The average Bonchev–Trinajstić information content (AvgIpc) is 3.05. The molecule has 0 atom stereocenters. The van der Waals surface area contributed by atoms with Crippen molar-refractivity contribution in [3.05, 3.63) is 137 Å². The molecule has 0 bridgehead atoms. The highest BCUT2D eigenvalue weighted by atomic mass is 32.2. The molecule has 43 heavy (non-hydrogen) atoms. The SMILES string of the molecule is O=C(NCc1cccc(CN2CCc3ccccc3C2)c1)c1ccc(CN2CCN(S(=O)(=O)c3ccccc3)CC2)cc1.